The molecule has 0 radical (unpaired) electrons. The van der Waals surface area contributed by atoms with Gasteiger partial charge in [0.05, 0.1) is 5.57 Å². The normalized spacial score (nSPS) is 15.1. The zero-order valence-electron chi connectivity index (χ0n) is 7.68. The van der Waals surface area contributed by atoms with Crippen LogP contribution in [0.15, 0.2) is 31.6 Å². The van der Waals surface area contributed by atoms with Crippen LogP contribution in [0.2, 0.25) is 0 Å². The van der Waals surface area contributed by atoms with Crippen LogP contribution in [0.4, 0.5) is 0 Å². The van der Waals surface area contributed by atoms with Gasteiger partial charge in [0.15, 0.2) is 0 Å². The summed E-state index contributed by atoms with van der Waals surface area (Å²) in [5, 5.41) is 2.21. The van der Waals surface area contributed by atoms with Crippen molar-refractivity contribution in [3.63, 3.8) is 0 Å². The van der Waals surface area contributed by atoms with Gasteiger partial charge in [0.1, 0.15) is 0 Å². The monoisotopic (exact) mass is 407 g/mol. The lowest BCUT2D eigenvalue weighted by molar-refractivity contribution is -0.123. The molecule has 0 unspecified atom stereocenters. The SMILES string of the molecule is O=C1C=C(c2ccc(Br)c(Br)c2Br)C(=O)N1. The number of hydrogen-bond donors (Lipinski definition) is 1. The van der Waals surface area contributed by atoms with Gasteiger partial charge in [0.2, 0.25) is 0 Å². The number of halogens is 3. The molecular formula is C10H4Br3NO2. The number of amides is 2. The number of nitrogens with one attached hydrogen (secondary N) is 1. The number of hydrogen-bond acceptors (Lipinski definition) is 2. The predicted octanol–water partition coefficient (Wildman–Crippen LogP) is 3.01. The third kappa shape index (κ3) is 2.01. The van der Waals surface area contributed by atoms with Crippen LogP contribution >= 0.6 is 47.8 Å². The standard InChI is InChI=1S/C10H4Br3NO2/c11-6-2-1-4(8(12)9(6)13)5-3-7(15)14-10(5)16/h1-3H,(H,14,15,16). The molecule has 6 heteroatoms. The quantitative estimate of drug-likeness (QED) is 0.572. The Balaban J connectivity index is 2.58. The number of carbonyl (C=O) groups is 2. The molecule has 2 amide bonds. The molecule has 2 rings (SSSR count). The van der Waals surface area contributed by atoms with E-state index in [1.54, 1.807) is 12.1 Å². The largest absolute Gasteiger partial charge is 0.289 e. The molecule has 0 aromatic heterocycles. The van der Waals surface area contributed by atoms with Crippen molar-refractivity contribution in [2.75, 3.05) is 0 Å². The first-order chi connectivity index (χ1) is 7.50. The Hall–Kier alpha value is -0.460. The summed E-state index contributed by atoms with van der Waals surface area (Å²) in [6.45, 7) is 0. The highest BCUT2D eigenvalue weighted by Gasteiger charge is 2.24. The Morgan fingerprint density at radius 2 is 1.69 bits per heavy atom. The maximum atomic E-state index is 11.5. The van der Waals surface area contributed by atoms with Crippen LogP contribution in [-0.2, 0) is 9.59 Å². The molecule has 0 aliphatic carbocycles. The Morgan fingerprint density at radius 3 is 2.25 bits per heavy atom. The highest BCUT2D eigenvalue weighted by molar-refractivity contribution is 9.14. The summed E-state index contributed by atoms with van der Waals surface area (Å²) in [6, 6.07) is 3.57. The maximum absolute atomic E-state index is 11.5. The zero-order valence-corrected chi connectivity index (χ0v) is 12.4. The average Bonchev–Trinajstić information content (AvgIpc) is 2.55. The van der Waals surface area contributed by atoms with E-state index in [1.165, 1.54) is 6.08 Å². The highest BCUT2D eigenvalue weighted by Crippen LogP contribution is 2.37. The van der Waals surface area contributed by atoms with Gasteiger partial charge in [-0.15, -0.1) is 0 Å². The van der Waals surface area contributed by atoms with Crippen LogP contribution in [0.5, 0.6) is 0 Å². The lowest BCUT2D eigenvalue weighted by atomic mass is 10.1. The summed E-state index contributed by atoms with van der Waals surface area (Å²) in [5.41, 5.74) is 1.04. The molecule has 0 saturated carbocycles. The van der Waals surface area contributed by atoms with E-state index in [0.29, 0.717) is 11.1 Å². The van der Waals surface area contributed by atoms with Gasteiger partial charge in [-0.25, -0.2) is 0 Å². The molecule has 1 aromatic rings. The van der Waals surface area contributed by atoms with E-state index in [9.17, 15) is 9.59 Å². The molecule has 0 spiro atoms. The fraction of sp³-hybridized carbons (Fsp3) is 0. The molecular weight excluding hydrogens is 406 g/mol. The van der Waals surface area contributed by atoms with E-state index in [2.05, 4.69) is 53.1 Å². The molecule has 3 nitrogen and oxygen atoms in total. The van der Waals surface area contributed by atoms with Crippen LogP contribution in [0.1, 0.15) is 5.56 Å². The summed E-state index contributed by atoms with van der Waals surface area (Å²) in [5.74, 6) is -0.758. The summed E-state index contributed by atoms with van der Waals surface area (Å²) < 4.78 is 2.41. The second-order valence-electron chi connectivity index (χ2n) is 3.10. The Bertz CT molecular complexity index is 537. The van der Waals surface area contributed by atoms with Crippen LogP contribution in [0, 0.1) is 0 Å². The van der Waals surface area contributed by atoms with Crippen LogP contribution < -0.4 is 5.32 Å². The minimum absolute atomic E-state index is 0.366. The molecule has 1 heterocycles. The van der Waals surface area contributed by atoms with Gasteiger partial charge in [0, 0.05) is 25.1 Å². The third-order valence-electron chi connectivity index (χ3n) is 2.08. The van der Waals surface area contributed by atoms with E-state index in [4.69, 9.17) is 0 Å². The van der Waals surface area contributed by atoms with E-state index < -0.39 is 0 Å². The Kier molecular flexibility index (Phi) is 3.32. The van der Waals surface area contributed by atoms with Crippen molar-refractivity contribution >= 4 is 65.2 Å². The van der Waals surface area contributed by atoms with Crippen molar-refractivity contribution < 1.29 is 9.59 Å². The number of carbonyl (C=O) groups excluding carboxylic acids is 2. The molecule has 82 valence electrons. The van der Waals surface area contributed by atoms with Gasteiger partial charge in [-0.1, -0.05) is 6.07 Å². The second-order valence-corrected chi connectivity index (χ2v) is 5.54. The van der Waals surface area contributed by atoms with Gasteiger partial charge in [0.25, 0.3) is 11.8 Å². The van der Waals surface area contributed by atoms with Gasteiger partial charge in [-0.2, -0.15) is 0 Å². The van der Waals surface area contributed by atoms with E-state index in [0.717, 1.165) is 13.4 Å². The van der Waals surface area contributed by atoms with Gasteiger partial charge in [-0.3, -0.25) is 14.9 Å². The van der Waals surface area contributed by atoms with E-state index in [1.807, 2.05) is 0 Å². The molecule has 1 N–H and O–H groups in total. The molecule has 1 aliphatic heterocycles. The molecule has 0 atom stereocenters. The molecule has 16 heavy (non-hydrogen) atoms. The third-order valence-corrected chi connectivity index (χ3v) is 5.45. The van der Waals surface area contributed by atoms with Gasteiger partial charge in [-0.05, 0) is 53.9 Å². The van der Waals surface area contributed by atoms with Crippen molar-refractivity contribution in [3.8, 4) is 0 Å². The lowest BCUT2D eigenvalue weighted by Crippen LogP contribution is -2.21. The second kappa shape index (κ2) is 4.43. The summed E-state index contributed by atoms with van der Waals surface area (Å²) in [6.07, 6.45) is 1.29. The molecule has 1 aromatic carbocycles. The first-order valence-corrected chi connectivity index (χ1v) is 6.59. The van der Waals surface area contributed by atoms with Gasteiger partial charge < -0.3 is 0 Å². The maximum Gasteiger partial charge on any atom is 0.258 e. The van der Waals surface area contributed by atoms with E-state index in [-0.39, 0.29) is 11.8 Å². The minimum atomic E-state index is -0.383. The van der Waals surface area contributed by atoms with Crippen molar-refractivity contribution in [1.82, 2.24) is 5.32 Å². The molecule has 1 aliphatic rings. The van der Waals surface area contributed by atoms with Gasteiger partial charge >= 0.3 is 0 Å². The Labute approximate surface area is 117 Å². The fourth-order valence-corrected chi connectivity index (χ4v) is 2.85. The fourth-order valence-electron chi connectivity index (χ4n) is 1.35. The zero-order chi connectivity index (χ0) is 11.9. The van der Waals surface area contributed by atoms with Crippen LogP contribution in [-0.4, -0.2) is 11.8 Å². The number of benzene rings is 1. The topological polar surface area (TPSA) is 46.2 Å². The van der Waals surface area contributed by atoms with E-state index >= 15 is 0 Å². The number of imide groups is 1. The first-order valence-electron chi connectivity index (χ1n) is 4.21. The summed E-state index contributed by atoms with van der Waals surface area (Å²) in [7, 11) is 0. The molecule has 0 bridgehead atoms. The Morgan fingerprint density at radius 1 is 1.00 bits per heavy atom. The molecule has 0 saturated heterocycles. The lowest BCUT2D eigenvalue weighted by Gasteiger charge is -2.07. The smallest absolute Gasteiger partial charge is 0.258 e. The van der Waals surface area contributed by atoms with Crippen LogP contribution in [0.25, 0.3) is 5.57 Å². The van der Waals surface area contributed by atoms with Crippen LogP contribution in [0.3, 0.4) is 0 Å². The predicted molar refractivity (Wildman–Crippen MR) is 70.7 cm³/mol. The summed E-state index contributed by atoms with van der Waals surface area (Å²) in [4.78, 5) is 22.5. The minimum Gasteiger partial charge on any atom is -0.289 e. The van der Waals surface area contributed by atoms with Crippen molar-refractivity contribution in [2.45, 2.75) is 0 Å². The highest BCUT2D eigenvalue weighted by atomic mass is 79.9. The molecule has 0 fully saturated rings. The first kappa shape index (κ1) is 12.0. The summed E-state index contributed by atoms with van der Waals surface area (Å²) >= 11 is 10.1. The van der Waals surface area contributed by atoms with Crippen molar-refractivity contribution in [2.24, 2.45) is 0 Å². The number of rotatable bonds is 1. The average molecular weight is 410 g/mol. The van der Waals surface area contributed by atoms with Crippen molar-refractivity contribution in [1.29, 1.82) is 0 Å². The van der Waals surface area contributed by atoms with Crippen molar-refractivity contribution in [3.05, 3.63) is 37.2 Å².